The SMILES string of the molecule is CN=C(NCCc1cccc(Cl)c1)N1CCN(c2ccccn2)CC1. The average Bonchev–Trinajstić information content (AvgIpc) is 2.66. The molecule has 1 aliphatic heterocycles. The fraction of sp³-hybridized carbons (Fsp3) is 0.368. The number of piperazine rings is 1. The summed E-state index contributed by atoms with van der Waals surface area (Å²) in [5.74, 6) is 2.01. The summed E-state index contributed by atoms with van der Waals surface area (Å²) in [6, 6.07) is 14.0. The number of halogens is 1. The monoisotopic (exact) mass is 357 g/mol. The molecule has 0 atom stereocenters. The molecule has 0 aliphatic carbocycles. The Balaban J connectivity index is 1.48. The van der Waals surface area contributed by atoms with Crippen LogP contribution in [0.15, 0.2) is 53.7 Å². The Bertz CT molecular complexity index is 696. The summed E-state index contributed by atoms with van der Waals surface area (Å²) in [5, 5.41) is 4.25. The Kier molecular flexibility index (Phi) is 6.12. The van der Waals surface area contributed by atoms with Crippen LogP contribution in [0, 0.1) is 0 Å². The van der Waals surface area contributed by atoms with E-state index in [1.54, 1.807) is 0 Å². The van der Waals surface area contributed by atoms with Crippen LogP contribution < -0.4 is 10.2 Å². The lowest BCUT2D eigenvalue weighted by Crippen LogP contribution is -2.53. The average molecular weight is 358 g/mol. The lowest BCUT2D eigenvalue weighted by atomic mass is 10.1. The number of nitrogens with zero attached hydrogens (tertiary/aromatic N) is 4. The number of pyridine rings is 1. The predicted octanol–water partition coefficient (Wildman–Crippen LogP) is 2.68. The van der Waals surface area contributed by atoms with E-state index in [0.717, 1.165) is 55.9 Å². The number of rotatable bonds is 4. The Labute approximate surface area is 154 Å². The summed E-state index contributed by atoms with van der Waals surface area (Å²) < 4.78 is 0. The van der Waals surface area contributed by atoms with Gasteiger partial charge in [0.25, 0.3) is 0 Å². The molecule has 2 aromatic rings. The Morgan fingerprint density at radius 2 is 2.00 bits per heavy atom. The molecule has 0 unspecified atom stereocenters. The molecule has 25 heavy (non-hydrogen) atoms. The number of anilines is 1. The van der Waals surface area contributed by atoms with Gasteiger partial charge in [-0.25, -0.2) is 4.98 Å². The van der Waals surface area contributed by atoms with E-state index in [2.05, 4.69) is 37.2 Å². The van der Waals surface area contributed by atoms with E-state index in [9.17, 15) is 0 Å². The maximum atomic E-state index is 6.04. The first kappa shape index (κ1) is 17.5. The fourth-order valence-corrected chi connectivity index (χ4v) is 3.24. The highest BCUT2D eigenvalue weighted by atomic mass is 35.5. The van der Waals surface area contributed by atoms with Crippen molar-refractivity contribution < 1.29 is 0 Å². The van der Waals surface area contributed by atoms with Crippen LogP contribution in [0.4, 0.5) is 5.82 Å². The van der Waals surface area contributed by atoms with Crippen LogP contribution in [0.25, 0.3) is 0 Å². The lowest BCUT2D eigenvalue weighted by molar-refractivity contribution is 0.372. The van der Waals surface area contributed by atoms with Crippen molar-refractivity contribution in [2.75, 3.05) is 44.7 Å². The second kappa shape index (κ2) is 8.72. The van der Waals surface area contributed by atoms with Crippen molar-refractivity contribution >= 4 is 23.4 Å². The van der Waals surface area contributed by atoms with Crippen LogP contribution in [0.2, 0.25) is 5.02 Å². The maximum absolute atomic E-state index is 6.04. The number of benzene rings is 1. The lowest BCUT2D eigenvalue weighted by Gasteiger charge is -2.37. The smallest absolute Gasteiger partial charge is 0.193 e. The third-order valence-electron chi connectivity index (χ3n) is 4.35. The molecule has 0 radical (unpaired) electrons. The third kappa shape index (κ3) is 4.86. The molecule has 1 aromatic heterocycles. The van der Waals surface area contributed by atoms with E-state index in [4.69, 9.17) is 11.6 Å². The molecular weight excluding hydrogens is 334 g/mol. The molecular formula is C19H24ClN5. The minimum absolute atomic E-state index is 0.785. The van der Waals surface area contributed by atoms with E-state index in [1.165, 1.54) is 5.56 Å². The van der Waals surface area contributed by atoms with Gasteiger partial charge in [-0.3, -0.25) is 4.99 Å². The van der Waals surface area contributed by atoms with E-state index in [0.29, 0.717) is 0 Å². The zero-order chi connectivity index (χ0) is 17.5. The Morgan fingerprint density at radius 3 is 2.68 bits per heavy atom. The van der Waals surface area contributed by atoms with Gasteiger partial charge in [0.2, 0.25) is 0 Å². The largest absolute Gasteiger partial charge is 0.356 e. The molecule has 2 heterocycles. The molecule has 1 aliphatic rings. The molecule has 0 spiro atoms. The highest BCUT2D eigenvalue weighted by molar-refractivity contribution is 6.30. The number of nitrogens with one attached hydrogen (secondary N) is 1. The number of hydrogen-bond acceptors (Lipinski definition) is 3. The van der Waals surface area contributed by atoms with Gasteiger partial charge >= 0.3 is 0 Å². The zero-order valence-corrected chi connectivity index (χ0v) is 15.3. The summed E-state index contributed by atoms with van der Waals surface area (Å²) in [4.78, 5) is 13.5. The fourth-order valence-electron chi connectivity index (χ4n) is 3.03. The molecule has 132 valence electrons. The Morgan fingerprint density at radius 1 is 1.16 bits per heavy atom. The maximum Gasteiger partial charge on any atom is 0.193 e. The normalized spacial score (nSPS) is 15.4. The predicted molar refractivity (Wildman–Crippen MR) is 105 cm³/mol. The molecule has 5 nitrogen and oxygen atoms in total. The van der Waals surface area contributed by atoms with Gasteiger partial charge in [-0.05, 0) is 36.2 Å². The van der Waals surface area contributed by atoms with Gasteiger partial charge in [-0.15, -0.1) is 0 Å². The van der Waals surface area contributed by atoms with Crippen LogP contribution in [0.3, 0.4) is 0 Å². The molecule has 1 aromatic carbocycles. The van der Waals surface area contributed by atoms with E-state index in [1.807, 2.05) is 43.6 Å². The van der Waals surface area contributed by atoms with E-state index >= 15 is 0 Å². The van der Waals surface area contributed by atoms with Crippen molar-refractivity contribution in [2.45, 2.75) is 6.42 Å². The minimum Gasteiger partial charge on any atom is -0.356 e. The first-order valence-electron chi connectivity index (χ1n) is 8.62. The third-order valence-corrected chi connectivity index (χ3v) is 4.59. The number of guanidine groups is 1. The highest BCUT2D eigenvalue weighted by Crippen LogP contribution is 2.13. The molecule has 0 saturated carbocycles. The summed E-state index contributed by atoms with van der Waals surface area (Å²) >= 11 is 6.04. The van der Waals surface area contributed by atoms with Gasteiger partial charge < -0.3 is 15.1 Å². The summed E-state index contributed by atoms with van der Waals surface area (Å²) in [6.07, 6.45) is 2.77. The van der Waals surface area contributed by atoms with Crippen LogP contribution in [-0.4, -0.2) is 55.6 Å². The van der Waals surface area contributed by atoms with Crippen molar-refractivity contribution in [3.05, 3.63) is 59.2 Å². The minimum atomic E-state index is 0.785. The second-order valence-corrected chi connectivity index (χ2v) is 6.45. The van der Waals surface area contributed by atoms with Gasteiger partial charge in [0.1, 0.15) is 5.82 Å². The summed E-state index contributed by atoms with van der Waals surface area (Å²) in [7, 11) is 1.84. The molecule has 1 fully saturated rings. The Hall–Kier alpha value is -2.27. The molecule has 6 heteroatoms. The van der Waals surface area contributed by atoms with Gasteiger partial charge in [0.05, 0.1) is 0 Å². The van der Waals surface area contributed by atoms with E-state index in [-0.39, 0.29) is 0 Å². The van der Waals surface area contributed by atoms with Crippen molar-refractivity contribution in [3.63, 3.8) is 0 Å². The van der Waals surface area contributed by atoms with E-state index < -0.39 is 0 Å². The second-order valence-electron chi connectivity index (χ2n) is 6.02. The highest BCUT2D eigenvalue weighted by Gasteiger charge is 2.20. The quantitative estimate of drug-likeness (QED) is 0.675. The zero-order valence-electron chi connectivity index (χ0n) is 14.5. The number of aliphatic imine (C=N–C) groups is 1. The van der Waals surface area contributed by atoms with Crippen molar-refractivity contribution in [3.8, 4) is 0 Å². The topological polar surface area (TPSA) is 43.8 Å². The van der Waals surface area contributed by atoms with Crippen LogP contribution in [-0.2, 0) is 6.42 Å². The van der Waals surface area contributed by atoms with Crippen LogP contribution >= 0.6 is 11.6 Å². The first-order chi connectivity index (χ1) is 12.3. The van der Waals surface area contributed by atoms with Crippen LogP contribution in [0.1, 0.15) is 5.56 Å². The summed E-state index contributed by atoms with van der Waals surface area (Å²) in [5.41, 5.74) is 1.23. The van der Waals surface area contributed by atoms with Crippen molar-refractivity contribution in [1.82, 2.24) is 15.2 Å². The van der Waals surface area contributed by atoms with Crippen molar-refractivity contribution in [1.29, 1.82) is 0 Å². The molecule has 1 N–H and O–H groups in total. The summed E-state index contributed by atoms with van der Waals surface area (Å²) in [6.45, 7) is 4.62. The number of hydrogen-bond donors (Lipinski definition) is 1. The number of aromatic nitrogens is 1. The molecule has 3 rings (SSSR count). The van der Waals surface area contributed by atoms with Gasteiger partial charge in [0.15, 0.2) is 5.96 Å². The molecule has 1 saturated heterocycles. The van der Waals surface area contributed by atoms with Gasteiger partial charge in [0, 0.05) is 51.0 Å². The van der Waals surface area contributed by atoms with Crippen LogP contribution in [0.5, 0.6) is 0 Å². The van der Waals surface area contributed by atoms with Crippen molar-refractivity contribution in [2.24, 2.45) is 4.99 Å². The molecule has 0 amide bonds. The standard InChI is InChI=1S/C19H24ClN5/c1-21-19(23-10-8-16-5-4-6-17(20)15-16)25-13-11-24(12-14-25)18-7-2-3-9-22-18/h2-7,9,15H,8,10-14H2,1H3,(H,21,23). The molecule has 0 bridgehead atoms. The van der Waals surface area contributed by atoms with Gasteiger partial charge in [-0.1, -0.05) is 29.8 Å². The van der Waals surface area contributed by atoms with Gasteiger partial charge in [-0.2, -0.15) is 0 Å². The first-order valence-corrected chi connectivity index (χ1v) is 9.00.